The van der Waals surface area contributed by atoms with Gasteiger partial charge in [0.2, 0.25) is 0 Å². The molecular formula is C21H37IN4O3. The maximum atomic E-state index is 10.1. The number of benzene rings is 1. The molecule has 7 nitrogen and oxygen atoms in total. The zero-order chi connectivity index (χ0) is 20.4. The minimum absolute atomic E-state index is 0. The summed E-state index contributed by atoms with van der Waals surface area (Å²) in [7, 11) is 1.69. The van der Waals surface area contributed by atoms with Crippen molar-refractivity contribution < 1.29 is 14.6 Å². The number of aliphatic hydroxyl groups is 1. The fraction of sp³-hybridized carbons (Fsp3) is 0.667. The third kappa shape index (κ3) is 8.96. The first-order valence-corrected chi connectivity index (χ1v) is 10.2. The third-order valence-corrected chi connectivity index (χ3v) is 4.55. The number of rotatable bonds is 9. The number of nitrogens with one attached hydrogen (secondary N) is 1. The lowest BCUT2D eigenvalue weighted by molar-refractivity contribution is 0.0300. The molecule has 1 aliphatic heterocycles. The summed E-state index contributed by atoms with van der Waals surface area (Å²) in [5, 5.41) is 13.5. The van der Waals surface area contributed by atoms with E-state index >= 15 is 0 Å². The van der Waals surface area contributed by atoms with E-state index in [9.17, 15) is 5.11 Å². The molecule has 0 bridgehead atoms. The second-order valence-corrected chi connectivity index (χ2v) is 7.46. The van der Waals surface area contributed by atoms with Crippen LogP contribution in [0.25, 0.3) is 0 Å². The topological polar surface area (TPSA) is 69.6 Å². The van der Waals surface area contributed by atoms with Crippen LogP contribution >= 0.6 is 24.0 Å². The van der Waals surface area contributed by atoms with Crippen LogP contribution in [0.1, 0.15) is 20.8 Å². The van der Waals surface area contributed by atoms with E-state index in [4.69, 9.17) is 9.47 Å². The van der Waals surface area contributed by atoms with Gasteiger partial charge in [-0.25, -0.2) is 0 Å². The van der Waals surface area contributed by atoms with E-state index in [1.807, 2.05) is 12.1 Å². The molecule has 0 aliphatic carbocycles. The van der Waals surface area contributed by atoms with Crippen molar-refractivity contribution in [2.24, 2.45) is 10.9 Å². The summed E-state index contributed by atoms with van der Waals surface area (Å²) in [6.45, 7) is 12.0. The highest BCUT2D eigenvalue weighted by atomic mass is 127. The Morgan fingerprint density at radius 3 is 2.55 bits per heavy atom. The van der Waals surface area contributed by atoms with Gasteiger partial charge in [0, 0.05) is 51.1 Å². The molecule has 29 heavy (non-hydrogen) atoms. The van der Waals surface area contributed by atoms with Crippen LogP contribution in [0.2, 0.25) is 0 Å². The summed E-state index contributed by atoms with van der Waals surface area (Å²) in [5.74, 6) is 2.20. The van der Waals surface area contributed by atoms with Crippen molar-refractivity contribution in [3.8, 4) is 5.75 Å². The van der Waals surface area contributed by atoms with Crippen LogP contribution in [0.5, 0.6) is 5.75 Å². The number of aliphatic imine (C=N–C) groups is 1. The zero-order valence-electron chi connectivity index (χ0n) is 18.1. The first-order chi connectivity index (χ1) is 13.5. The summed E-state index contributed by atoms with van der Waals surface area (Å²) in [5.41, 5.74) is 1.18. The van der Waals surface area contributed by atoms with Gasteiger partial charge in [-0.05, 0) is 25.0 Å². The minimum Gasteiger partial charge on any atom is -0.497 e. The summed E-state index contributed by atoms with van der Waals surface area (Å²) < 4.78 is 10.8. The van der Waals surface area contributed by atoms with Crippen molar-refractivity contribution >= 4 is 35.6 Å². The van der Waals surface area contributed by atoms with Gasteiger partial charge in [0.25, 0.3) is 0 Å². The van der Waals surface area contributed by atoms with Crippen molar-refractivity contribution in [3.05, 3.63) is 24.3 Å². The van der Waals surface area contributed by atoms with Gasteiger partial charge in [0.1, 0.15) is 5.75 Å². The smallest absolute Gasteiger partial charge is 0.194 e. The Bertz CT molecular complexity index is 607. The Kier molecular flexibility index (Phi) is 12.3. The van der Waals surface area contributed by atoms with Gasteiger partial charge < -0.3 is 29.7 Å². The van der Waals surface area contributed by atoms with Crippen LogP contribution in [0.3, 0.4) is 0 Å². The highest BCUT2D eigenvalue weighted by Crippen LogP contribution is 2.22. The van der Waals surface area contributed by atoms with Crippen LogP contribution in [-0.2, 0) is 4.74 Å². The lowest BCUT2D eigenvalue weighted by atomic mass is 10.2. The Labute approximate surface area is 192 Å². The van der Waals surface area contributed by atoms with E-state index in [0.717, 1.165) is 44.4 Å². The van der Waals surface area contributed by atoms with Crippen LogP contribution in [0.15, 0.2) is 29.3 Å². The first kappa shape index (κ1) is 25.8. The van der Waals surface area contributed by atoms with Crippen LogP contribution in [0.4, 0.5) is 5.69 Å². The predicted molar refractivity (Wildman–Crippen MR) is 130 cm³/mol. The van der Waals surface area contributed by atoms with E-state index in [1.54, 1.807) is 7.11 Å². The number of ether oxygens (including phenoxy) is 2. The maximum absolute atomic E-state index is 10.1. The molecule has 166 valence electrons. The molecule has 2 rings (SSSR count). The van der Waals surface area contributed by atoms with Gasteiger partial charge in [-0.15, -0.1) is 24.0 Å². The molecule has 1 aromatic carbocycles. The highest BCUT2D eigenvalue weighted by Gasteiger charge is 2.20. The third-order valence-electron chi connectivity index (χ3n) is 4.55. The van der Waals surface area contributed by atoms with Gasteiger partial charge >= 0.3 is 0 Å². The molecule has 0 amide bonds. The number of aliphatic hydroxyl groups excluding tert-OH is 1. The number of hydrogen-bond acceptors (Lipinski definition) is 5. The van der Waals surface area contributed by atoms with Crippen molar-refractivity contribution in [2.45, 2.75) is 26.9 Å². The number of halogens is 1. The largest absolute Gasteiger partial charge is 0.497 e. The van der Waals surface area contributed by atoms with Crippen molar-refractivity contribution in [3.63, 3.8) is 0 Å². The number of piperazine rings is 1. The summed E-state index contributed by atoms with van der Waals surface area (Å²) >= 11 is 0. The van der Waals surface area contributed by atoms with E-state index in [1.165, 1.54) is 5.69 Å². The Balaban J connectivity index is 0.00000420. The molecule has 1 unspecified atom stereocenters. The molecular weight excluding hydrogens is 483 g/mol. The fourth-order valence-electron chi connectivity index (χ4n) is 3.09. The molecule has 1 aromatic rings. The number of hydrogen-bond donors (Lipinski definition) is 2. The maximum Gasteiger partial charge on any atom is 0.194 e. The average Bonchev–Trinajstić information content (AvgIpc) is 2.71. The molecule has 1 fully saturated rings. The van der Waals surface area contributed by atoms with Gasteiger partial charge in [-0.3, -0.25) is 4.99 Å². The number of anilines is 1. The van der Waals surface area contributed by atoms with Gasteiger partial charge in [-0.1, -0.05) is 19.9 Å². The fourth-order valence-corrected chi connectivity index (χ4v) is 3.09. The van der Waals surface area contributed by atoms with Crippen LogP contribution in [-0.4, -0.2) is 81.7 Å². The van der Waals surface area contributed by atoms with E-state index < -0.39 is 6.10 Å². The molecule has 0 saturated carbocycles. The summed E-state index contributed by atoms with van der Waals surface area (Å²) in [6, 6.07) is 8.17. The molecule has 0 spiro atoms. The van der Waals surface area contributed by atoms with Gasteiger partial charge in [0.15, 0.2) is 5.96 Å². The second kappa shape index (κ2) is 13.9. The Morgan fingerprint density at radius 2 is 1.93 bits per heavy atom. The van der Waals surface area contributed by atoms with Gasteiger partial charge in [0.05, 0.1) is 26.4 Å². The first-order valence-electron chi connectivity index (χ1n) is 10.2. The minimum atomic E-state index is -0.578. The molecule has 0 aromatic heterocycles. The molecule has 1 aliphatic rings. The molecule has 1 atom stereocenters. The van der Waals surface area contributed by atoms with Crippen molar-refractivity contribution in [1.82, 2.24) is 10.2 Å². The molecule has 8 heteroatoms. The standard InChI is InChI=1S/C21H36N4O3.HI/c1-5-22-21(23-14-19(26)16-28-15-17(2)3)25-11-9-24(10-12-25)18-7-6-8-20(13-18)27-4;/h6-8,13,17,19,26H,5,9-12,14-16H2,1-4H3,(H,22,23);1H. The van der Waals surface area contributed by atoms with Gasteiger partial charge in [-0.2, -0.15) is 0 Å². The molecule has 1 heterocycles. The molecule has 0 radical (unpaired) electrons. The van der Waals surface area contributed by atoms with Crippen LogP contribution in [0, 0.1) is 5.92 Å². The van der Waals surface area contributed by atoms with Crippen molar-refractivity contribution in [1.29, 1.82) is 0 Å². The quantitative estimate of drug-likeness (QED) is 0.296. The Morgan fingerprint density at radius 1 is 1.21 bits per heavy atom. The summed E-state index contributed by atoms with van der Waals surface area (Å²) in [4.78, 5) is 9.23. The van der Waals surface area contributed by atoms with E-state index in [2.05, 4.69) is 53.0 Å². The monoisotopic (exact) mass is 520 g/mol. The Hall–Kier alpha value is -1.26. The lowest BCUT2D eigenvalue weighted by Gasteiger charge is -2.37. The average molecular weight is 520 g/mol. The SMILES string of the molecule is CCNC(=NCC(O)COCC(C)C)N1CCN(c2cccc(OC)c2)CC1.I. The summed E-state index contributed by atoms with van der Waals surface area (Å²) in [6.07, 6.45) is -0.578. The number of guanidine groups is 1. The highest BCUT2D eigenvalue weighted by molar-refractivity contribution is 14.0. The number of methoxy groups -OCH3 is 1. The molecule has 2 N–H and O–H groups in total. The van der Waals surface area contributed by atoms with Crippen molar-refractivity contribution in [2.75, 3.05) is 64.5 Å². The van der Waals surface area contributed by atoms with Crippen LogP contribution < -0.4 is 15.0 Å². The van der Waals surface area contributed by atoms with E-state index in [-0.39, 0.29) is 24.0 Å². The second-order valence-electron chi connectivity index (χ2n) is 7.46. The van der Waals surface area contributed by atoms with E-state index in [0.29, 0.717) is 25.7 Å². The molecule has 1 saturated heterocycles. The predicted octanol–water partition coefficient (Wildman–Crippen LogP) is 2.43. The zero-order valence-corrected chi connectivity index (χ0v) is 20.5. The lowest BCUT2D eigenvalue weighted by Crippen LogP contribution is -2.52. The normalized spacial score (nSPS) is 15.9. The number of nitrogens with zero attached hydrogens (tertiary/aromatic N) is 3.